The molecule has 1 saturated heterocycles. The number of carbonyl (C=O) groups is 1. The van der Waals surface area contributed by atoms with Crippen LogP contribution in [0.1, 0.15) is 38.2 Å². The molecule has 7 nitrogen and oxygen atoms in total. The number of sulfonamides is 1. The topological polar surface area (TPSA) is 73.0 Å². The van der Waals surface area contributed by atoms with Gasteiger partial charge in [0, 0.05) is 64.5 Å². The monoisotopic (exact) mass is 532 g/mol. The third-order valence-electron chi connectivity index (χ3n) is 7.51. The van der Waals surface area contributed by atoms with Gasteiger partial charge in [0.05, 0.1) is 6.26 Å². The van der Waals surface area contributed by atoms with Crippen LogP contribution < -0.4 is 5.32 Å². The van der Waals surface area contributed by atoms with E-state index in [0.717, 1.165) is 43.7 Å². The summed E-state index contributed by atoms with van der Waals surface area (Å²) in [5.74, 6) is -0.0885. The molecule has 3 aromatic carbocycles. The van der Waals surface area contributed by atoms with Crippen molar-refractivity contribution in [3.63, 3.8) is 0 Å². The van der Waals surface area contributed by atoms with Crippen molar-refractivity contribution in [3.05, 3.63) is 106 Å². The Bertz CT molecular complexity index is 1350. The Labute approximate surface area is 226 Å². The van der Waals surface area contributed by atoms with Crippen LogP contribution in [0.15, 0.2) is 72.8 Å². The van der Waals surface area contributed by atoms with E-state index in [1.807, 2.05) is 24.3 Å². The number of amides is 1. The third-order valence-corrected chi connectivity index (χ3v) is 8.82. The summed E-state index contributed by atoms with van der Waals surface area (Å²) < 4.78 is 24.9. The van der Waals surface area contributed by atoms with Crippen LogP contribution in [-0.4, -0.2) is 67.4 Å². The molecule has 3 aromatic rings. The Morgan fingerprint density at radius 3 is 1.97 bits per heavy atom. The molecule has 2 aliphatic rings. The highest BCUT2D eigenvalue weighted by Crippen LogP contribution is 2.20. The van der Waals surface area contributed by atoms with Gasteiger partial charge in [-0.3, -0.25) is 14.6 Å². The van der Waals surface area contributed by atoms with Crippen molar-refractivity contribution < 1.29 is 13.2 Å². The fourth-order valence-corrected chi connectivity index (χ4v) is 6.06. The molecule has 0 aromatic heterocycles. The highest BCUT2D eigenvalue weighted by atomic mass is 32.2. The van der Waals surface area contributed by atoms with Crippen molar-refractivity contribution in [2.24, 2.45) is 0 Å². The highest BCUT2D eigenvalue weighted by molar-refractivity contribution is 7.88. The zero-order valence-electron chi connectivity index (χ0n) is 22.0. The molecule has 0 aliphatic carbocycles. The van der Waals surface area contributed by atoms with Crippen LogP contribution in [-0.2, 0) is 42.6 Å². The first-order chi connectivity index (χ1) is 18.3. The van der Waals surface area contributed by atoms with E-state index in [0.29, 0.717) is 38.3 Å². The molecule has 1 N–H and O–H groups in total. The summed E-state index contributed by atoms with van der Waals surface area (Å²) in [6.07, 6.45) is 2.36. The Morgan fingerprint density at radius 1 is 0.737 bits per heavy atom. The average Bonchev–Trinajstić information content (AvgIpc) is 2.93. The van der Waals surface area contributed by atoms with Gasteiger partial charge in [0.25, 0.3) is 5.91 Å². The van der Waals surface area contributed by atoms with Gasteiger partial charge in [0.2, 0.25) is 10.0 Å². The predicted molar refractivity (Wildman–Crippen MR) is 150 cm³/mol. The lowest BCUT2D eigenvalue weighted by molar-refractivity contribution is 0.0951. The van der Waals surface area contributed by atoms with E-state index < -0.39 is 10.0 Å². The molecule has 2 heterocycles. The van der Waals surface area contributed by atoms with E-state index in [-0.39, 0.29) is 5.91 Å². The lowest BCUT2D eigenvalue weighted by Gasteiger charge is -2.33. The normalized spacial score (nSPS) is 17.2. The van der Waals surface area contributed by atoms with Gasteiger partial charge in [-0.2, -0.15) is 4.31 Å². The Balaban J connectivity index is 1.07. The number of benzene rings is 3. The van der Waals surface area contributed by atoms with E-state index >= 15 is 0 Å². The molecule has 8 heteroatoms. The average molecular weight is 533 g/mol. The van der Waals surface area contributed by atoms with Crippen LogP contribution in [0.4, 0.5) is 0 Å². The van der Waals surface area contributed by atoms with Gasteiger partial charge < -0.3 is 5.32 Å². The number of rotatable bonds is 8. The number of nitrogens with zero attached hydrogens (tertiary/aromatic N) is 3. The SMILES string of the molecule is CS(=O)(=O)N1CCN(Cc2ccc(C(=O)NCc3ccc(CN4CCc5ccccc5C4)cc3)cc2)CC1. The second-order valence-corrected chi connectivity index (χ2v) is 12.3. The van der Waals surface area contributed by atoms with Gasteiger partial charge >= 0.3 is 0 Å². The second-order valence-electron chi connectivity index (χ2n) is 10.4. The van der Waals surface area contributed by atoms with Crippen molar-refractivity contribution in [1.29, 1.82) is 0 Å². The lowest BCUT2D eigenvalue weighted by Crippen LogP contribution is -2.47. The third kappa shape index (κ3) is 6.88. The highest BCUT2D eigenvalue weighted by Gasteiger charge is 2.23. The van der Waals surface area contributed by atoms with Crippen LogP contribution in [0.3, 0.4) is 0 Å². The number of hydrogen-bond donors (Lipinski definition) is 1. The molecule has 0 bridgehead atoms. The molecular weight excluding hydrogens is 496 g/mol. The number of nitrogens with one attached hydrogen (secondary N) is 1. The van der Waals surface area contributed by atoms with E-state index in [4.69, 9.17) is 0 Å². The van der Waals surface area contributed by atoms with Crippen LogP contribution in [0, 0.1) is 0 Å². The number of piperazine rings is 1. The van der Waals surface area contributed by atoms with Crippen LogP contribution in [0.2, 0.25) is 0 Å². The molecule has 200 valence electrons. The maximum absolute atomic E-state index is 12.7. The molecule has 38 heavy (non-hydrogen) atoms. The molecule has 0 radical (unpaired) electrons. The zero-order valence-corrected chi connectivity index (χ0v) is 22.8. The van der Waals surface area contributed by atoms with Gasteiger partial charge in [-0.1, -0.05) is 60.7 Å². The Hall–Kier alpha value is -3.04. The van der Waals surface area contributed by atoms with Gasteiger partial charge in [-0.25, -0.2) is 8.42 Å². The van der Waals surface area contributed by atoms with Crippen molar-refractivity contribution in [2.75, 3.05) is 39.0 Å². The van der Waals surface area contributed by atoms with E-state index in [2.05, 4.69) is 63.6 Å². The van der Waals surface area contributed by atoms with E-state index in [1.165, 1.54) is 27.3 Å². The summed E-state index contributed by atoms with van der Waals surface area (Å²) in [5.41, 5.74) is 7.01. The summed E-state index contributed by atoms with van der Waals surface area (Å²) in [5, 5.41) is 3.02. The summed E-state index contributed by atoms with van der Waals surface area (Å²) >= 11 is 0. The standard InChI is InChI=1S/C30H36N4O3S/c1-38(36,37)34-18-16-32(17-19-34)21-26-10-12-28(13-11-26)30(35)31-20-24-6-8-25(9-7-24)22-33-15-14-27-4-2-3-5-29(27)23-33/h2-13H,14-23H2,1H3,(H,31,35). The van der Waals surface area contributed by atoms with Crippen LogP contribution in [0.5, 0.6) is 0 Å². The smallest absolute Gasteiger partial charge is 0.251 e. The molecule has 2 aliphatic heterocycles. The number of fused-ring (bicyclic) bond motifs is 1. The van der Waals surface area contributed by atoms with Gasteiger partial charge in [0.1, 0.15) is 0 Å². The van der Waals surface area contributed by atoms with Crippen molar-refractivity contribution >= 4 is 15.9 Å². The van der Waals surface area contributed by atoms with E-state index in [9.17, 15) is 13.2 Å². The molecule has 1 amide bonds. The minimum absolute atomic E-state index is 0.0885. The summed E-state index contributed by atoms with van der Waals surface area (Å²) in [6, 6.07) is 24.9. The lowest BCUT2D eigenvalue weighted by atomic mass is 9.99. The Morgan fingerprint density at radius 2 is 1.32 bits per heavy atom. The quantitative estimate of drug-likeness (QED) is 0.482. The fourth-order valence-electron chi connectivity index (χ4n) is 5.23. The number of carbonyl (C=O) groups excluding carboxylic acids is 1. The summed E-state index contributed by atoms with van der Waals surface area (Å²) in [7, 11) is -3.12. The minimum Gasteiger partial charge on any atom is -0.348 e. The maximum atomic E-state index is 12.7. The number of hydrogen-bond acceptors (Lipinski definition) is 5. The molecule has 5 rings (SSSR count). The predicted octanol–water partition coefficient (Wildman–Crippen LogP) is 3.25. The molecule has 0 unspecified atom stereocenters. The van der Waals surface area contributed by atoms with Crippen LogP contribution >= 0.6 is 0 Å². The van der Waals surface area contributed by atoms with Gasteiger partial charge in [-0.05, 0) is 46.4 Å². The van der Waals surface area contributed by atoms with Crippen molar-refractivity contribution in [2.45, 2.75) is 32.6 Å². The summed E-state index contributed by atoms with van der Waals surface area (Å²) in [6.45, 7) is 6.69. The van der Waals surface area contributed by atoms with Crippen molar-refractivity contribution in [3.8, 4) is 0 Å². The molecular formula is C30H36N4O3S. The zero-order chi connectivity index (χ0) is 26.5. The summed E-state index contributed by atoms with van der Waals surface area (Å²) in [4.78, 5) is 17.4. The Kier molecular flexibility index (Phi) is 8.24. The first kappa shape index (κ1) is 26.6. The van der Waals surface area contributed by atoms with E-state index in [1.54, 1.807) is 0 Å². The van der Waals surface area contributed by atoms with Gasteiger partial charge in [0.15, 0.2) is 0 Å². The second kappa shape index (κ2) is 11.8. The molecule has 0 saturated carbocycles. The molecule has 0 spiro atoms. The van der Waals surface area contributed by atoms with Crippen LogP contribution in [0.25, 0.3) is 0 Å². The molecule has 0 atom stereocenters. The van der Waals surface area contributed by atoms with Crippen molar-refractivity contribution in [1.82, 2.24) is 19.4 Å². The first-order valence-electron chi connectivity index (χ1n) is 13.2. The molecule has 1 fully saturated rings. The fraction of sp³-hybridized carbons (Fsp3) is 0.367. The van der Waals surface area contributed by atoms with Gasteiger partial charge in [-0.15, -0.1) is 0 Å². The first-order valence-corrected chi connectivity index (χ1v) is 15.1. The maximum Gasteiger partial charge on any atom is 0.251 e. The minimum atomic E-state index is -3.12. The largest absolute Gasteiger partial charge is 0.348 e.